The lowest BCUT2D eigenvalue weighted by atomic mass is 10.1. The smallest absolute Gasteiger partial charge is 0.193 e. The summed E-state index contributed by atoms with van der Waals surface area (Å²) in [5.74, 6) is 1.60. The molecule has 142 valence electrons. The average molecular weight is 342 g/mol. The van der Waals surface area contributed by atoms with Crippen molar-refractivity contribution in [1.82, 2.24) is 10.2 Å². The highest BCUT2D eigenvalue weighted by atomic mass is 16.5. The van der Waals surface area contributed by atoms with E-state index in [1.54, 1.807) is 0 Å². The third-order valence-electron chi connectivity index (χ3n) is 4.52. The molecular weight excluding hydrogens is 302 g/mol. The van der Waals surface area contributed by atoms with Crippen LogP contribution in [-0.2, 0) is 9.47 Å². The van der Waals surface area contributed by atoms with Crippen LogP contribution in [0.3, 0.4) is 0 Å². The van der Waals surface area contributed by atoms with Crippen LogP contribution in [-0.4, -0.2) is 64.5 Å². The molecule has 1 heterocycles. The van der Waals surface area contributed by atoms with Crippen LogP contribution in [0.25, 0.3) is 0 Å². The largest absolute Gasteiger partial charge is 0.381 e. The van der Waals surface area contributed by atoms with E-state index < -0.39 is 0 Å². The third kappa shape index (κ3) is 10.1. The predicted molar refractivity (Wildman–Crippen MR) is 102 cm³/mol. The minimum atomic E-state index is 0.634. The first-order valence-electron chi connectivity index (χ1n) is 9.85. The van der Waals surface area contributed by atoms with Gasteiger partial charge in [-0.3, -0.25) is 4.99 Å². The third-order valence-corrected chi connectivity index (χ3v) is 4.52. The minimum absolute atomic E-state index is 0.634. The minimum Gasteiger partial charge on any atom is -0.381 e. The van der Waals surface area contributed by atoms with E-state index in [4.69, 9.17) is 9.47 Å². The fraction of sp³-hybridized carbons (Fsp3) is 0.947. The Kier molecular flexibility index (Phi) is 12.9. The number of unbranched alkanes of at least 4 members (excludes halogenated alkanes) is 5. The van der Waals surface area contributed by atoms with Crippen LogP contribution in [0.4, 0.5) is 0 Å². The molecule has 0 radical (unpaired) electrons. The van der Waals surface area contributed by atoms with Crippen LogP contribution in [0, 0.1) is 5.92 Å². The van der Waals surface area contributed by atoms with Crippen LogP contribution in [0.1, 0.15) is 58.3 Å². The van der Waals surface area contributed by atoms with Crippen molar-refractivity contribution >= 4 is 5.96 Å². The van der Waals surface area contributed by atoms with E-state index in [9.17, 15) is 0 Å². The Hall–Kier alpha value is -0.810. The monoisotopic (exact) mass is 341 g/mol. The van der Waals surface area contributed by atoms with E-state index >= 15 is 0 Å². The second-order valence-corrected chi connectivity index (χ2v) is 6.82. The second kappa shape index (κ2) is 14.5. The molecule has 1 unspecified atom stereocenters. The predicted octanol–water partition coefficient (Wildman–Crippen LogP) is 3.30. The fourth-order valence-electron chi connectivity index (χ4n) is 3.05. The molecule has 5 heteroatoms. The summed E-state index contributed by atoms with van der Waals surface area (Å²) in [6, 6.07) is 0. The van der Waals surface area contributed by atoms with Crippen LogP contribution in [0.5, 0.6) is 0 Å². The molecule has 0 saturated carbocycles. The molecule has 0 aliphatic carbocycles. The summed E-state index contributed by atoms with van der Waals surface area (Å²) in [5.41, 5.74) is 0. The van der Waals surface area contributed by atoms with Crippen molar-refractivity contribution in [2.24, 2.45) is 10.9 Å². The normalized spacial score (nSPS) is 18.1. The number of nitrogens with one attached hydrogen (secondary N) is 1. The molecule has 24 heavy (non-hydrogen) atoms. The van der Waals surface area contributed by atoms with Gasteiger partial charge >= 0.3 is 0 Å². The Morgan fingerprint density at radius 1 is 1.17 bits per heavy atom. The summed E-state index contributed by atoms with van der Waals surface area (Å²) in [6.07, 6.45) is 10.1. The van der Waals surface area contributed by atoms with E-state index in [0.717, 1.165) is 58.3 Å². The van der Waals surface area contributed by atoms with Crippen molar-refractivity contribution in [2.45, 2.75) is 58.3 Å². The molecule has 0 spiro atoms. The van der Waals surface area contributed by atoms with Gasteiger partial charge in [0, 0.05) is 52.9 Å². The van der Waals surface area contributed by atoms with Crippen LogP contribution in [0.2, 0.25) is 0 Å². The molecule has 0 aromatic heterocycles. The Morgan fingerprint density at radius 3 is 2.62 bits per heavy atom. The molecule has 1 aliphatic heterocycles. The summed E-state index contributed by atoms with van der Waals surface area (Å²) in [5, 5.41) is 3.42. The lowest BCUT2D eigenvalue weighted by Crippen LogP contribution is -2.42. The maximum absolute atomic E-state index is 5.71. The van der Waals surface area contributed by atoms with Gasteiger partial charge in [0.05, 0.1) is 6.61 Å². The van der Waals surface area contributed by atoms with E-state index in [0.29, 0.717) is 5.92 Å². The maximum Gasteiger partial charge on any atom is 0.193 e. The first-order valence-corrected chi connectivity index (χ1v) is 9.85. The van der Waals surface area contributed by atoms with Gasteiger partial charge in [-0.2, -0.15) is 0 Å². The molecule has 1 atom stereocenters. The lowest BCUT2D eigenvalue weighted by molar-refractivity contribution is 0.128. The molecule has 5 nitrogen and oxygen atoms in total. The summed E-state index contributed by atoms with van der Waals surface area (Å²) < 4.78 is 11.2. The SMILES string of the molecule is CCCCCCCCOCCCNC(=NC)N(C)CC1CCOC1. The van der Waals surface area contributed by atoms with Gasteiger partial charge in [0.15, 0.2) is 5.96 Å². The van der Waals surface area contributed by atoms with Crippen LogP contribution >= 0.6 is 0 Å². The van der Waals surface area contributed by atoms with Crippen molar-refractivity contribution in [1.29, 1.82) is 0 Å². The standard InChI is InChI=1S/C19H39N3O2/c1-4-5-6-7-8-9-13-23-14-10-12-21-19(20-2)22(3)16-18-11-15-24-17-18/h18H,4-17H2,1-3H3,(H,20,21). The van der Waals surface area contributed by atoms with Crippen LogP contribution in [0.15, 0.2) is 4.99 Å². The maximum atomic E-state index is 5.71. The number of hydrogen-bond acceptors (Lipinski definition) is 3. The van der Waals surface area contributed by atoms with E-state index in [2.05, 4.69) is 29.2 Å². The van der Waals surface area contributed by atoms with E-state index in [1.807, 2.05) is 7.05 Å². The molecule has 0 aromatic rings. The molecule has 0 aromatic carbocycles. The van der Waals surface area contributed by atoms with Crippen molar-refractivity contribution in [3.05, 3.63) is 0 Å². The summed E-state index contributed by atoms with van der Waals surface area (Å²) in [7, 11) is 3.95. The number of aliphatic imine (C=N–C) groups is 1. The number of nitrogens with zero attached hydrogens (tertiary/aromatic N) is 2. The first kappa shape index (κ1) is 21.2. The molecule has 1 aliphatic rings. The van der Waals surface area contributed by atoms with Gasteiger partial charge in [0.2, 0.25) is 0 Å². The van der Waals surface area contributed by atoms with Crippen LogP contribution < -0.4 is 5.32 Å². The van der Waals surface area contributed by atoms with E-state index in [-0.39, 0.29) is 0 Å². The van der Waals surface area contributed by atoms with E-state index in [1.165, 1.54) is 38.5 Å². The summed E-state index contributed by atoms with van der Waals surface area (Å²) in [4.78, 5) is 6.57. The van der Waals surface area contributed by atoms with Crippen molar-refractivity contribution in [2.75, 3.05) is 53.6 Å². The lowest BCUT2D eigenvalue weighted by Gasteiger charge is -2.24. The topological polar surface area (TPSA) is 46.1 Å². The molecule has 1 fully saturated rings. The number of hydrogen-bond donors (Lipinski definition) is 1. The molecule has 1 N–H and O–H groups in total. The average Bonchev–Trinajstić information content (AvgIpc) is 3.09. The molecule has 1 rings (SSSR count). The number of guanidine groups is 1. The second-order valence-electron chi connectivity index (χ2n) is 6.82. The molecule has 0 amide bonds. The Balaban J connectivity index is 1.94. The van der Waals surface area contributed by atoms with Crippen molar-refractivity contribution in [3.8, 4) is 0 Å². The van der Waals surface area contributed by atoms with Gasteiger partial charge in [-0.1, -0.05) is 39.0 Å². The van der Waals surface area contributed by atoms with Gasteiger partial charge < -0.3 is 19.7 Å². The highest BCUT2D eigenvalue weighted by Gasteiger charge is 2.18. The number of rotatable bonds is 13. The van der Waals surface area contributed by atoms with Gasteiger partial charge in [0.1, 0.15) is 0 Å². The zero-order valence-corrected chi connectivity index (χ0v) is 16.2. The van der Waals surface area contributed by atoms with Gasteiger partial charge in [-0.25, -0.2) is 0 Å². The van der Waals surface area contributed by atoms with Gasteiger partial charge in [-0.15, -0.1) is 0 Å². The molecular formula is C19H39N3O2. The fourth-order valence-corrected chi connectivity index (χ4v) is 3.05. The summed E-state index contributed by atoms with van der Waals surface area (Å²) >= 11 is 0. The quantitative estimate of drug-likeness (QED) is 0.317. The number of ether oxygens (including phenoxy) is 2. The molecule has 0 bridgehead atoms. The van der Waals surface area contributed by atoms with Gasteiger partial charge in [0.25, 0.3) is 0 Å². The first-order chi connectivity index (χ1) is 11.8. The Labute approximate surface area is 149 Å². The Bertz CT molecular complexity index is 318. The zero-order valence-electron chi connectivity index (χ0n) is 16.2. The highest BCUT2D eigenvalue weighted by Crippen LogP contribution is 2.13. The van der Waals surface area contributed by atoms with Crippen molar-refractivity contribution in [3.63, 3.8) is 0 Å². The van der Waals surface area contributed by atoms with Gasteiger partial charge in [-0.05, 0) is 19.3 Å². The molecule has 1 saturated heterocycles. The summed E-state index contributed by atoms with van der Waals surface area (Å²) in [6.45, 7) is 7.70. The Morgan fingerprint density at radius 2 is 1.92 bits per heavy atom. The zero-order chi connectivity index (χ0) is 17.5. The highest BCUT2D eigenvalue weighted by molar-refractivity contribution is 5.79. The van der Waals surface area contributed by atoms with Crippen molar-refractivity contribution < 1.29 is 9.47 Å².